The van der Waals surface area contributed by atoms with Gasteiger partial charge in [-0.25, -0.2) is 0 Å². The van der Waals surface area contributed by atoms with Crippen molar-refractivity contribution in [1.82, 2.24) is 0 Å². The van der Waals surface area contributed by atoms with Crippen LogP contribution in [0.3, 0.4) is 0 Å². The monoisotopic (exact) mass is 489 g/mol. The van der Waals surface area contributed by atoms with Gasteiger partial charge >= 0.3 is 0 Å². The quantitative estimate of drug-likeness (QED) is 0.306. The SMILES string of the molecule is Cc1ccc(/C=C/c2cc(-c3ccccc3)c[n+](C)c2-c2ccccc2)cc1.[I-]. The van der Waals surface area contributed by atoms with Crippen LogP contribution in [0, 0.1) is 6.92 Å². The van der Waals surface area contributed by atoms with Crippen LogP contribution >= 0.6 is 0 Å². The average molecular weight is 489 g/mol. The van der Waals surface area contributed by atoms with Crippen molar-refractivity contribution in [1.29, 1.82) is 0 Å². The predicted molar refractivity (Wildman–Crippen MR) is 119 cm³/mol. The average Bonchev–Trinajstić information content (AvgIpc) is 2.74. The molecule has 0 N–H and O–H groups in total. The first-order chi connectivity index (χ1) is 13.7. The highest BCUT2D eigenvalue weighted by atomic mass is 127. The van der Waals surface area contributed by atoms with Gasteiger partial charge < -0.3 is 24.0 Å². The number of hydrogen-bond acceptors (Lipinski definition) is 0. The molecule has 0 unspecified atom stereocenters. The van der Waals surface area contributed by atoms with Crippen molar-refractivity contribution in [3.05, 3.63) is 114 Å². The molecule has 1 aromatic heterocycles. The number of rotatable bonds is 4. The van der Waals surface area contributed by atoms with Crippen molar-refractivity contribution >= 4 is 12.2 Å². The minimum absolute atomic E-state index is 0. The fourth-order valence-corrected chi connectivity index (χ4v) is 3.50. The van der Waals surface area contributed by atoms with Gasteiger partial charge in [-0.05, 0) is 42.3 Å². The highest BCUT2D eigenvalue weighted by Gasteiger charge is 2.17. The lowest BCUT2D eigenvalue weighted by Crippen LogP contribution is -3.00. The van der Waals surface area contributed by atoms with Gasteiger partial charge in [-0.3, -0.25) is 0 Å². The Morgan fingerprint density at radius 2 is 1.24 bits per heavy atom. The zero-order chi connectivity index (χ0) is 19.3. The second-order valence-corrected chi connectivity index (χ2v) is 7.12. The van der Waals surface area contributed by atoms with Crippen LogP contribution in [0.25, 0.3) is 34.5 Å². The third-order valence-corrected chi connectivity index (χ3v) is 4.96. The molecule has 29 heavy (non-hydrogen) atoms. The number of benzene rings is 3. The first-order valence-corrected chi connectivity index (χ1v) is 9.60. The Labute approximate surface area is 190 Å². The number of halogens is 1. The van der Waals surface area contributed by atoms with E-state index in [2.05, 4.69) is 128 Å². The largest absolute Gasteiger partial charge is 1.00 e. The standard InChI is InChI=1S/C27H24N.HI/c1-21-13-15-22(16-14-21)17-18-25-19-26(23-9-5-3-6-10-23)20-28(2)27(25)24-11-7-4-8-12-24;/h3-20H,1-2H3;1H/q+1;/p-1/b18-17+;. The number of nitrogens with zero attached hydrogens (tertiary/aromatic N) is 1. The summed E-state index contributed by atoms with van der Waals surface area (Å²) in [6.45, 7) is 2.12. The van der Waals surface area contributed by atoms with Crippen molar-refractivity contribution in [2.45, 2.75) is 6.92 Å². The summed E-state index contributed by atoms with van der Waals surface area (Å²) in [5.74, 6) is 0. The third kappa shape index (κ3) is 5.01. The zero-order valence-corrected chi connectivity index (χ0v) is 18.9. The molecule has 4 aromatic rings. The minimum Gasteiger partial charge on any atom is -1.00 e. The maximum Gasteiger partial charge on any atom is 0.219 e. The summed E-state index contributed by atoms with van der Waals surface area (Å²) < 4.78 is 2.23. The molecule has 1 heterocycles. The van der Waals surface area contributed by atoms with Crippen molar-refractivity contribution in [2.75, 3.05) is 0 Å². The molecule has 0 atom stereocenters. The van der Waals surface area contributed by atoms with Gasteiger partial charge in [0.1, 0.15) is 7.05 Å². The Hall–Kier alpha value is -2.72. The number of aryl methyl sites for hydroxylation is 2. The normalized spacial score (nSPS) is 10.7. The molecule has 0 bridgehead atoms. The summed E-state index contributed by atoms with van der Waals surface area (Å²) in [7, 11) is 2.12. The summed E-state index contributed by atoms with van der Waals surface area (Å²) in [6, 6.07) is 32.0. The molecule has 0 aliphatic heterocycles. The fraction of sp³-hybridized carbons (Fsp3) is 0.0741. The van der Waals surface area contributed by atoms with Crippen LogP contribution < -0.4 is 28.5 Å². The molecule has 0 aliphatic rings. The van der Waals surface area contributed by atoms with Gasteiger partial charge in [-0.2, -0.15) is 4.57 Å². The van der Waals surface area contributed by atoms with E-state index in [-0.39, 0.29) is 24.0 Å². The van der Waals surface area contributed by atoms with Gasteiger partial charge in [0.05, 0.1) is 0 Å². The van der Waals surface area contributed by atoms with Crippen LogP contribution in [-0.4, -0.2) is 0 Å². The van der Waals surface area contributed by atoms with E-state index >= 15 is 0 Å². The Bertz CT molecular complexity index is 1100. The topological polar surface area (TPSA) is 3.88 Å². The highest BCUT2D eigenvalue weighted by molar-refractivity contribution is 5.80. The van der Waals surface area contributed by atoms with E-state index < -0.39 is 0 Å². The van der Waals surface area contributed by atoms with Gasteiger partial charge in [0.2, 0.25) is 5.69 Å². The summed E-state index contributed by atoms with van der Waals surface area (Å²) in [6.07, 6.45) is 6.62. The third-order valence-electron chi connectivity index (χ3n) is 4.96. The van der Waals surface area contributed by atoms with Crippen molar-refractivity contribution in [3.8, 4) is 22.4 Å². The molecule has 4 rings (SSSR count). The van der Waals surface area contributed by atoms with Crippen molar-refractivity contribution in [2.24, 2.45) is 7.05 Å². The number of aromatic nitrogens is 1. The molecule has 0 saturated heterocycles. The molecule has 0 amide bonds. The molecular weight excluding hydrogens is 465 g/mol. The molecule has 144 valence electrons. The van der Waals surface area contributed by atoms with E-state index in [1.165, 1.54) is 39.1 Å². The van der Waals surface area contributed by atoms with Crippen LogP contribution in [0.15, 0.2) is 97.2 Å². The number of pyridine rings is 1. The summed E-state index contributed by atoms with van der Waals surface area (Å²) >= 11 is 0. The summed E-state index contributed by atoms with van der Waals surface area (Å²) in [4.78, 5) is 0. The van der Waals surface area contributed by atoms with Crippen LogP contribution in [0.4, 0.5) is 0 Å². The first kappa shape index (κ1) is 21.0. The second kappa shape index (κ2) is 9.66. The zero-order valence-electron chi connectivity index (χ0n) is 16.7. The van der Waals surface area contributed by atoms with Crippen LogP contribution in [0.1, 0.15) is 16.7 Å². The molecule has 1 nitrogen and oxygen atoms in total. The summed E-state index contributed by atoms with van der Waals surface area (Å²) in [5, 5.41) is 0. The van der Waals surface area contributed by atoms with E-state index in [4.69, 9.17) is 0 Å². The fourth-order valence-electron chi connectivity index (χ4n) is 3.50. The van der Waals surface area contributed by atoms with Gasteiger partial charge in [0.25, 0.3) is 0 Å². The predicted octanol–water partition coefficient (Wildman–Crippen LogP) is 3.33. The second-order valence-electron chi connectivity index (χ2n) is 7.12. The lowest BCUT2D eigenvalue weighted by atomic mass is 9.99. The van der Waals surface area contributed by atoms with Gasteiger partial charge in [0, 0.05) is 16.7 Å². The minimum atomic E-state index is 0. The van der Waals surface area contributed by atoms with Gasteiger partial charge in [0.15, 0.2) is 6.20 Å². The molecule has 0 aliphatic carbocycles. The van der Waals surface area contributed by atoms with Crippen LogP contribution in [0.5, 0.6) is 0 Å². The van der Waals surface area contributed by atoms with E-state index in [9.17, 15) is 0 Å². The Kier molecular flexibility index (Phi) is 6.99. The van der Waals surface area contributed by atoms with Crippen LogP contribution in [0.2, 0.25) is 0 Å². The lowest BCUT2D eigenvalue weighted by Gasteiger charge is -2.08. The molecular formula is C27H24IN. The van der Waals surface area contributed by atoms with Crippen LogP contribution in [-0.2, 0) is 7.05 Å². The lowest BCUT2D eigenvalue weighted by molar-refractivity contribution is -0.660. The van der Waals surface area contributed by atoms with Gasteiger partial charge in [-0.1, -0.05) is 84.4 Å². The molecule has 3 aromatic carbocycles. The first-order valence-electron chi connectivity index (χ1n) is 9.60. The van der Waals surface area contributed by atoms with Crippen molar-refractivity contribution in [3.63, 3.8) is 0 Å². The molecule has 2 heteroatoms. The smallest absolute Gasteiger partial charge is 0.219 e. The van der Waals surface area contributed by atoms with Crippen molar-refractivity contribution < 1.29 is 28.5 Å². The van der Waals surface area contributed by atoms with E-state index in [1.54, 1.807) is 0 Å². The van der Waals surface area contributed by atoms with E-state index in [1.807, 2.05) is 0 Å². The number of hydrogen-bond donors (Lipinski definition) is 0. The Morgan fingerprint density at radius 3 is 1.86 bits per heavy atom. The summed E-state index contributed by atoms with van der Waals surface area (Å²) in [5.41, 5.74) is 8.55. The molecule has 0 fully saturated rings. The maximum atomic E-state index is 2.28. The molecule has 0 spiro atoms. The maximum absolute atomic E-state index is 2.28. The molecule has 0 saturated carbocycles. The Morgan fingerprint density at radius 1 is 0.655 bits per heavy atom. The molecule has 0 radical (unpaired) electrons. The van der Waals surface area contributed by atoms with E-state index in [0.717, 1.165) is 0 Å². The highest BCUT2D eigenvalue weighted by Crippen LogP contribution is 2.27. The van der Waals surface area contributed by atoms with E-state index in [0.29, 0.717) is 0 Å². The van der Waals surface area contributed by atoms with Gasteiger partial charge in [-0.15, -0.1) is 0 Å². The Balaban J connectivity index is 0.00000240.